The lowest BCUT2D eigenvalue weighted by Crippen LogP contribution is -2.26. The summed E-state index contributed by atoms with van der Waals surface area (Å²) in [6, 6.07) is 7.80. The molecular weight excluding hydrogens is 280 g/mol. The molecule has 0 fully saturated rings. The third-order valence-electron chi connectivity index (χ3n) is 3.44. The number of aliphatic hydroxyl groups is 1. The molecule has 1 amide bonds. The minimum atomic E-state index is -0.316. The zero-order chi connectivity index (χ0) is 15.9. The van der Waals surface area contributed by atoms with Gasteiger partial charge in [0.05, 0.1) is 12.3 Å². The van der Waals surface area contributed by atoms with E-state index in [-0.39, 0.29) is 23.9 Å². The highest BCUT2D eigenvalue weighted by atomic mass is 16.3. The van der Waals surface area contributed by atoms with E-state index in [2.05, 4.69) is 29.4 Å². The molecule has 0 aliphatic heterocycles. The highest BCUT2D eigenvalue weighted by Crippen LogP contribution is 2.11. The Morgan fingerprint density at radius 1 is 1.23 bits per heavy atom. The number of hydrogen-bond donors (Lipinski definition) is 2. The first-order chi connectivity index (χ1) is 10.7. The molecule has 0 atom stereocenters. The van der Waals surface area contributed by atoms with Crippen molar-refractivity contribution < 1.29 is 9.90 Å². The van der Waals surface area contributed by atoms with Gasteiger partial charge in [0.15, 0.2) is 5.69 Å². The van der Waals surface area contributed by atoms with E-state index in [1.54, 1.807) is 0 Å². The van der Waals surface area contributed by atoms with E-state index < -0.39 is 0 Å². The number of hydrogen-bond acceptors (Lipinski definition) is 4. The Kier molecular flexibility index (Phi) is 5.66. The van der Waals surface area contributed by atoms with Gasteiger partial charge in [0.25, 0.3) is 5.91 Å². The fourth-order valence-corrected chi connectivity index (χ4v) is 2.06. The number of benzene rings is 1. The maximum absolute atomic E-state index is 12.1. The molecule has 0 radical (unpaired) electrons. The zero-order valence-electron chi connectivity index (χ0n) is 13.0. The molecule has 6 nitrogen and oxygen atoms in total. The molecule has 0 saturated carbocycles. The molecule has 1 aromatic carbocycles. The van der Waals surface area contributed by atoms with Gasteiger partial charge >= 0.3 is 0 Å². The summed E-state index contributed by atoms with van der Waals surface area (Å²) in [6.07, 6.45) is 2.87. The van der Waals surface area contributed by atoms with Gasteiger partial charge in [-0.2, -0.15) is 4.80 Å². The number of carbonyl (C=O) groups excluding carboxylic acids is 1. The number of aryl methyl sites for hydroxylation is 1. The summed E-state index contributed by atoms with van der Waals surface area (Å²) >= 11 is 0. The van der Waals surface area contributed by atoms with Crippen molar-refractivity contribution in [3.8, 4) is 5.69 Å². The topological polar surface area (TPSA) is 80.0 Å². The molecule has 22 heavy (non-hydrogen) atoms. The monoisotopic (exact) mass is 302 g/mol. The largest absolute Gasteiger partial charge is 0.390 e. The van der Waals surface area contributed by atoms with Crippen LogP contribution in [0.4, 0.5) is 0 Å². The summed E-state index contributed by atoms with van der Waals surface area (Å²) in [6.45, 7) is 4.42. The summed E-state index contributed by atoms with van der Waals surface area (Å²) < 4.78 is 0. The predicted octanol–water partition coefficient (Wildman–Crippen LogP) is 1.85. The van der Waals surface area contributed by atoms with Gasteiger partial charge < -0.3 is 10.4 Å². The minimum absolute atomic E-state index is 0.179. The van der Waals surface area contributed by atoms with Gasteiger partial charge in [-0.05, 0) is 30.5 Å². The Labute approximate surface area is 130 Å². The Balaban J connectivity index is 2.21. The van der Waals surface area contributed by atoms with Crippen LogP contribution in [-0.4, -0.2) is 32.6 Å². The van der Waals surface area contributed by atoms with Gasteiger partial charge in [0.2, 0.25) is 0 Å². The number of unbranched alkanes of at least 4 members (excludes halogenated alkanes) is 1. The fraction of sp³-hybridized carbons (Fsp3) is 0.438. The van der Waals surface area contributed by atoms with Gasteiger partial charge in [-0.15, -0.1) is 10.2 Å². The van der Waals surface area contributed by atoms with Crippen molar-refractivity contribution in [1.82, 2.24) is 20.3 Å². The molecule has 6 heteroatoms. The molecule has 2 rings (SSSR count). The number of nitrogens with one attached hydrogen (secondary N) is 1. The van der Waals surface area contributed by atoms with Gasteiger partial charge in [0.1, 0.15) is 5.69 Å². The lowest BCUT2D eigenvalue weighted by Gasteiger charge is -2.02. The molecule has 0 aliphatic carbocycles. The molecule has 118 valence electrons. The van der Waals surface area contributed by atoms with Gasteiger partial charge in [-0.3, -0.25) is 4.79 Å². The normalized spacial score (nSPS) is 10.7. The molecule has 2 aromatic rings. The van der Waals surface area contributed by atoms with Crippen LogP contribution < -0.4 is 5.32 Å². The highest BCUT2D eigenvalue weighted by molar-refractivity contribution is 5.93. The molecule has 0 spiro atoms. The van der Waals surface area contributed by atoms with Crippen molar-refractivity contribution in [1.29, 1.82) is 0 Å². The lowest BCUT2D eigenvalue weighted by atomic mass is 10.2. The summed E-state index contributed by atoms with van der Waals surface area (Å²) in [5.74, 6) is -0.297. The molecule has 1 heterocycles. The predicted molar refractivity (Wildman–Crippen MR) is 83.9 cm³/mol. The second-order valence-electron chi connectivity index (χ2n) is 5.07. The van der Waals surface area contributed by atoms with Gasteiger partial charge in [0, 0.05) is 6.54 Å². The van der Waals surface area contributed by atoms with Gasteiger partial charge in [-0.1, -0.05) is 32.4 Å². The summed E-state index contributed by atoms with van der Waals surface area (Å²) in [7, 11) is 0. The Morgan fingerprint density at radius 3 is 2.55 bits per heavy atom. The minimum Gasteiger partial charge on any atom is -0.390 e. The second kappa shape index (κ2) is 7.70. The SMILES string of the molecule is CCCCNC(=O)c1nn(-c2ccc(CC)cc2)nc1CO. The van der Waals surface area contributed by atoms with Crippen LogP contribution in [0.5, 0.6) is 0 Å². The third kappa shape index (κ3) is 3.71. The van der Waals surface area contributed by atoms with Crippen LogP contribution in [0.25, 0.3) is 5.69 Å². The van der Waals surface area contributed by atoms with E-state index in [4.69, 9.17) is 0 Å². The van der Waals surface area contributed by atoms with Crippen molar-refractivity contribution in [3.05, 3.63) is 41.2 Å². The maximum atomic E-state index is 12.1. The third-order valence-corrected chi connectivity index (χ3v) is 3.44. The van der Waals surface area contributed by atoms with Crippen molar-refractivity contribution in [2.45, 2.75) is 39.7 Å². The van der Waals surface area contributed by atoms with Crippen molar-refractivity contribution in [2.24, 2.45) is 0 Å². The molecule has 0 unspecified atom stereocenters. The van der Waals surface area contributed by atoms with Gasteiger partial charge in [-0.25, -0.2) is 0 Å². The van der Waals surface area contributed by atoms with E-state index in [0.29, 0.717) is 6.54 Å². The average Bonchev–Trinajstić information content (AvgIpc) is 2.99. The fourth-order valence-electron chi connectivity index (χ4n) is 2.06. The number of nitrogens with zero attached hydrogens (tertiary/aromatic N) is 3. The average molecular weight is 302 g/mol. The number of amides is 1. The van der Waals surface area contributed by atoms with Crippen molar-refractivity contribution in [2.75, 3.05) is 6.54 Å². The smallest absolute Gasteiger partial charge is 0.273 e. The maximum Gasteiger partial charge on any atom is 0.273 e. The molecule has 0 saturated heterocycles. The summed E-state index contributed by atoms with van der Waals surface area (Å²) in [5, 5.41) is 20.6. The lowest BCUT2D eigenvalue weighted by molar-refractivity contribution is 0.0944. The van der Waals surface area contributed by atoms with Crippen LogP contribution in [0, 0.1) is 0 Å². The number of aromatic nitrogens is 3. The number of aliphatic hydroxyl groups excluding tert-OH is 1. The van der Waals surface area contributed by atoms with Crippen molar-refractivity contribution in [3.63, 3.8) is 0 Å². The van der Waals surface area contributed by atoms with Crippen LogP contribution in [0.2, 0.25) is 0 Å². The molecule has 0 bridgehead atoms. The quantitative estimate of drug-likeness (QED) is 0.765. The summed E-state index contributed by atoms with van der Waals surface area (Å²) in [5.41, 5.74) is 2.45. The van der Waals surface area contributed by atoms with E-state index >= 15 is 0 Å². The molecule has 2 N–H and O–H groups in total. The Hall–Kier alpha value is -2.21. The number of carbonyl (C=O) groups is 1. The Bertz CT molecular complexity index is 620. The number of rotatable bonds is 7. The molecule has 0 aliphatic rings. The Morgan fingerprint density at radius 2 is 1.95 bits per heavy atom. The van der Waals surface area contributed by atoms with E-state index in [1.165, 1.54) is 10.4 Å². The van der Waals surface area contributed by atoms with Crippen LogP contribution >= 0.6 is 0 Å². The van der Waals surface area contributed by atoms with Crippen LogP contribution in [0.3, 0.4) is 0 Å². The van der Waals surface area contributed by atoms with E-state index in [9.17, 15) is 9.90 Å². The van der Waals surface area contributed by atoms with Crippen LogP contribution in [0.1, 0.15) is 48.4 Å². The second-order valence-corrected chi connectivity index (χ2v) is 5.07. The zero-order valence-corrected chi connectivity index (χ0v) is 13.0. The first kappa shape index (κ1) is 16.2. The van der Waals surface area contributed by atoms with Crippen LogP contribution in [-0.2, 0) is 13.0 Å². The summed E-state index contributed by atoms with van der Waals surface area (Å²) in [4.78, 5) is 13.5. The first-order valence-electron chi connectivity index (χ1n) is 7.64. The van der Waals surface area contributed by atoms with Crippen LogP contribution in [0.15, 0.2) is 24.3 Å². The van der Waals surface area contributed by atoms with E-state index in [1.807, 2.05) is 24.3 Å². The highest BCUT2D eigenvalue weighted by Gasteiger charge is 2.18. The molecule has 1 aromatic heterocycles. The first-order valence-corrected chi connectivity index (χ1v) is 7.64. The van der Waals surface area contributed by atoms with Crippen molar-refractivity contribution >= 4 is 5.91 Å². The standard InChI is InChI=1S/C16H22N4O2/c1-3-5-10-17-16(22)15-14(11-21)18-20(19-15)13-8-6-12(4-2)7-9-13/h6-9,21H,3-5,10-11H2,1-2H3,(H,17,22). The van der Waals surface area contributed by atoms with E-state index in [0.717, 1.165) is 24.9 Å². The molecular formula is C16H22N4O2.